The molecule has 2 amide bonds. The van der Waals surface area contributed by atoms with Gasteiger partial charge in [-0.05, 0) is 48.9 Å². The number of amides is 2. The van der Waals surface area contributed by atoms with E-state index in [1.54, 1.807) is 30.0 Å². The molecule has 0 bridgehead atoms. The Morgan fingerprint density at radius 3 is 2.58 bits per heavy atom. The second-order valence-corrected chi connectivity index (χ2v) is 7.70. The minimum absolute atomic E-state index is 0.260. The molecule has 0 radical (unpaired) electrons. The van der Waals surface area contributed by atoms with Crippen molar-refractivity contribution in [2.24, 2.45) is 0 Å². The van der Waals surface area contributed by atoms with E-state index in [9.17, 15) is 13.6 Å². The predicted octanol–water partition coefficient (Wildman–Crippen LogP) is 4.43. The number of rotatable bonds is 2. The van der Waals surface area contributed by atoms with Gasteiger partial charge >= 0.3 is 6.03 Å². The number of anilines is 2. The fourth-order valence-corrected chi connectivity index (χ4v) is 3.96. The van der Waals surface area contributed by atoms with Gasteiger partial charge in [-0.2, -0.15) is 0 Å². The minimum Gasteiger partial charge on any atom is -0.351 e. The third-order valence-electron chi connectivity index (χ3n) is 5.69. The Morgan fingerprint density at radius 2 is 1.81 bits per heavy atom. The van der Waals surface area contributed by atoms with E-state index in [0.717, 1.165) is 16.9 Å². The zero-order chi connectivity index (χ0) is 21.5. The highest BCUT2D eigenvalue weighted by Gasteiger charge is 2.24. The van der Waals surface area contributed by atoms with Crippen molar-refractivity contribution >= 4 is 34.1 Å². The van der Waals surface area contributed by atoms with Gasteiger partial charge in [0.05, 0.1) is 16.6 Å². The van der Waals surface area contributed by atoms with Crippen molar-refractivity contribution in [3.05, 3.63) is 71.9 Å². The van der Waals surface area contributed by atoms with Crippen LogP contribution in [-0.4, -0.2) is 46.5 Å². The highest BCUT2D eigenvalue weighted by atomic mass is 19.1. The van der Waals surface area contributed by atoms with Gasteiger partial charge in [0, 0.05) is 44.1 Å². The Hall–Kier alpha value is -3.68. The summed E-state index contributed by atoms with van der Waals surface area (Å²) in [6, 6.07) is 12.9. The van der Waals surface area contributed by atoms with E-state index in [-0.39, 0.29) is 17.7 Å². The highest BCUT2D eigenvalue weighted by molar-refractivity contribution is 5.90. The number of piperazine rings is 1. The maximum Gasteiger partial charge on any atom is 0.321 e. The third kappa shape index (κ3) is 3.54. The number of carbonyl (C=O) groups excluding carboxylic acids is 1. The molecule has 0 aliphatic carbocycles. The van der Waals surface area contributed by atoms with Crippen LogP contribution in [-0.2, 0) is 0 Å². The first-order valence-electron chi connectivity index (χ1n) is 10.1. The summed E-state index contributed by atoms with van der Waals surface area (Å²) in [5.41, 5.74) is 3.33. The monoisotopic (exact) mass is 421 g/mol. The first-order valence-corrected chi connectivity index (χ1v) is 10.1. The van der Waals surface area contributed by atoms with E-state index < -0.39 is 0 Å². The minimum atomic E-state index is -0.349. The topological polar surface area (TPSA) is 52.9 Å². The van der Waals surface area contributed by atoms with Gasteiger partial charge in [0.1, 0.15) is 11.6 Å². The van der Waals surface area contributed by atoms with Crippen molar-refractivity contribution in [3.63, 3.8) is 0 Å². The summed E-state index contributed by atoms with van der Waals surface area (Å²) in [7, 11) is 0. The first-order chi connectivity index (χ1) is 15.0. The lowest BCUT2D eigenvalue weighted by molar-refractivity contribution is 0.208. The highest BCUT2D eigenvalue weighted by Crippen LogP contribution is 2.27. The van der Waals surface area contributed by atoms with Crippen molar-refractivity contribution in [3.8, 4) is 0 Å². The molecule has 0 saturated carbocycles. The Kier molecular flexibility index (Phi) is 4.69. The number of benzene rings is 2. The fraction of sp³-hybridized carbons (Fsp3) is 0.217. The van der Waals surface area contributed by atoms with Crippen molar-refractivity contribution < 1.29 is 13.6 Å². The molecule has 6 nitrogen and oxygen atoms in total. The van der Waals surface area contributed by atoms with E-state index in [1.807, 2.05) is 22.7 Å². The van der Waals surface area contributed by atoms with E-state index >= 15 is 0 Å². The number of fused-ring (bicyclic) bond motifs is 3. The molecule has 0 atom stereocenters. The maximum absolute atomic E-state index is 13.8. The van der Waals surface area contributed by atoms with E-state index in [4.69, 9.17) is 4.98 Å². The lowest BCUT2D eigenvalue weighted by Gasteiger charge is -2.35. The molecule has 1 aliphatic rings. The number of nitrogens with one attached hydrogen (secondary N) is 1. The van der Waals surface area contributed by atoms with Crippen molar-refractivity contribution in [2.45, 2.75) is 6.92 Å². The normalized spacial score (nSPS) is 14.4. The molecule has 2 aromatic carbocycles. The van der Waals surface area contributed by atoms with Gasteiger partial charge in [-0.1, -0.05) is 6.07 Å². The standard InChI is InChI=1S/C23H21F2N5O/c1-15-4-6-17(14-18(15)25)26-23(31)29-11-9-28(10-12-29)22-21-3-2-8-30(21)20-7-5-16(24)13-19(20)27-22/h2-8,13-14H,9-12H2,1H3,(H,26,31). The number of urea groups is 1. The van der Waals surface area contributed by atoms with Crippen molar-refractivity contribution in [1.82, 2.24) is 14.3 Å². The van der Waals surface area contributed by atoms with Gasteiger partial charge in [0.2, 0.25) is 0 Å². The van der Waals surface area contributed by atoms with Crippen molar-refractivity contribution in [2.75, 3.05) is 36.4 Å². The van der Waals surface area contributed by atoms with Gasteiger partial charge in [-0.15, -0.1) is 0 Å². The number of nitrogens with zero attached hydrogens (tertiary/aromatic N) is 4. The summed E-state index contributed by atoms with van der Waals surface area (Å²) in [4.78, 5) is 21.1. The fourth-order valence-electron chi connectivity index (χ4n) is 3.96. The van der Waals surface area contributed by atoms with Gasteiger partial charge in [-0.25, -0.2) is 18.6 Å². The van der Waals surface area contributed by atoms with Gasteiger partial charge in [-0.3, -0.25) is 0 Å². The Morgan fingerprint density at radius 1 is 1.00 bits per heavy atom. The van der Waals surface area contributed by atoms with Crippen LogP contribution in [0.1, 0.15) is 5.56 Å². The predicted molar refractivity (Wildman–Crippen MR) is 117 cm³/mol. The molecule has 4 aromatic rings. The Balaban J connectivity index is 1.34. The molecule has 1 aliphatic heterocycles. The molecular formula is C23H21F2N5O. The molecule has 2 aromatic heterocycles. The quantitative estimate of drug-likeness (QED) is 0.521. The zero-order valence-electron chi connectivity index (χ0n) is 17.0. The average Bonchev–Trinajstić information content (AvgIpc) is 3.26. The maximum atomic E-state index is 13.8. The van der Waals surface area contributed by atoms with Crippen LogP contribution >= 0.6 is 0 Å². The SMILES string of the molecule is Cc1ccc(NC(=O)N2CCN(c3nc4cc(F)ccc4n4cccc34)CC2)cc1F. The van der Waals surface area contributed by atoms with Crippen LogP contribution in [0.3, 0.4) is 0 Å². The second kappa shape index (κ2) is 7.54. The van der Waals surface area contributed by atoms with Gasteiger partial charge < -0.3 is 19.5 Å². The molecule has 0 spiro atoms. The van der Waals surface area contributed by atoms with E-state index in [0.29, 0.717) is 42.9 Å². The number of aryl methyl sites for hydroxylation is 1. The number of halogens is 2. The lowest BCUT2D eigenvalue weighted by Crippen LogP contribution is -2.50. The van der Waals surface area contributed by atoms with Gasteiger partial charge in [0.25, 0.3) is 0 Å². The summed E-state index contributed by atoms with van der Waals surface area (Å²) < 4.78 is 29.5. The summed E-state index contributed by atoms with van der Waals surface area (Å²) in [6.07, 6.45) is 1.94. The average molecular weight is 421 g/mol. The smallest absolute Gasteiger partial charge is 0.321 e. The van der Waals surface area contributed by atoms with E-state index in [2.05, 4.69) is 10.2 Å². The van der Waals surface area contributed by atoms with Crippen LogP contribution in [0.5, 0.6) is 0 Å². The molecule has 1 saturated heterocycles. The molecular weight excluding hydrogens is 400 g/mol. The van der Waals surface area contributed by atoms with Crippen LogP contribution in [0.15, 0.2) is 54.7 Å². The van der Waals surface area contributed by atoms with E-state index in [1.165, 1.54) is 18.2 Å². The number of carbonyl (C=O) groups is 1. The molecule has 1 N–H and O–H groups in total. The summed E-state index contributed by atoms with van der Waals surface area (Å²) in [5, 5.41) is 2.76. The summed E-state index contributed by atoms with van der Waals surface area (Å²) >= 11 is 0. The van der Waals surface area contributed by atoms with Crippen LogP contribution < -0.4 is 10.2 Å². The summed E-state index contributed by atoms with van der Waals surface area (Å²) in [6.45, 7) is 3.85. The number of hydrogen-bond donors (Lipinski definition) is 1. The number of hydrogen-bond acceptors (Lipinski definition) is 3. The molecule has 31 heavy (non-hydrogen) atoms. The molecule has 3 heterocycles. The van der Waals surface area contributed by atoms with Crippen molar-refractivity contribution in [1.29, 1.82) is 0 Å². The van der Waals surface area contributed by atoms with Crippen LogP contribution in [0.4, 0.5) is 25.1 Å². The third-order valence-corrected chi connectivity index (χ3v) is 5.69. The molecule has 0 unspecified atom stereocenters. The lowest BCUT2D eigenvalue weighted by atomic mass is 10.2. The van der Waals surface area contributed by atoms with Crippen LogP contribution in [0.25, 0.3) is 16.6 Å². The number of aromatic nitrogens is 2. The molecule has 1 fully saturated rings. The van der Waals surface area contributed by atoms with Gasteiger partial charge in [0.15, 0.2) is 5.82 Å². The first kappa shape index (κ1) is 19.3. The molecule has 5 rings (SSSR count). The second-order valence-electron chi connectivity index (χ2n) is 7.70. The Labute approximate surface area is 177 Å². The molecule has 158 valence electrons. The molecule has 8 heteroatoms. The zero-order valence-corrected chi connectivity index (χ0v) is 17.0. The Bertz CT molecular complexity index is 1290. The van der Waals surface area contributed by atoms with Crippen LogP contribution in [0.2, 0.25) is 0 Å². The largest absolute Gasteiger partial charge is 0.351 e. The van der Waals surface area contributed by atoms with Crippen LogP contribution in [0, 0.1) is 18.6 Å². The summed E-state index contributed by atoms with van der Waals surface area (Å²) in [5.74, 6) is 0.0907.